The van der Waals surface area contributed by atoms with E-state index in [1.807, 2.05) is 13.0 Å². The molecule has 7 nitrogen and oxygen atoms in total. The number of carbonyl (C=O) groups excluding carboxylic acids is 1. The number of hydrogen-bond donors (Lipinski definition) is 1. The van der Waals surface area contributed by atoms with E-state index in [9.17, 15) is 4.79 Å². The average Bonchev–Trinajstić information content (AvgIpc) is 3.32. The first-order valence-electron chi connectivity index (χ1n) is 10.3. The van der Waals surface area contributed by atoms with Crippen LogP contribution < -0.4 is 5.32 Å². The maximum atomic E-state index is 13.5. The predicted octanol–water partition coefficient (Wildman–Crippen LogP) is 1.69. The molecule has 2 saturated heterocycles. The second kappa shape index (κ2) is 8.29. The zero-order chi connectivity index (χ0) is 18.7. The molecule has 0 spiro atoms. The highest BCUT2D eigenvalue weighted by Gasteiger charge is 2.46. The number of nitrogens with zero attached hydrogens (tertiary/aromatic N) is 2. The SMILES string of the molecule is Cc1cc(C[C@@H]2COC[C@@H]2NC(=O)C2(N3CCOCC3)CCCCC2)on1. The second-order valence-electron chi connectivity index (χ2n) is 8.21. The van der Waals surface area contributed by atoms with Gasteiger partial charge < -0.3 is 19.3 Å². The Morgan fingerprint density at radius 3 is 2.70 bits per heavy atom. The van der Waals surface area contributed by atoms with E-state index in [2.05, 4.69) is 15.4 Å². The standard InChI is InChI=1S/C20H31N3O4/c1-15-11-17(27-22-15)12-16-13-26-14-18(16)21-19(24)20(5-3-2-4-6-20)23-7-9-25-10-8-23/h11,16,18H,2-10,12-14H2,1H3,(H,21,24)/t16-,18+/m1/s1. The van der Waals surface area contributed by atoms with Crippen molar-refractivity contribution in [2.75, 3.05) is 39.5 Å². The van der Waals surface area contributed by atoms with E-state index in [1.165, 1.54) is 6.42 Å². The van der Waals surface area contributed by atoms with Crippen molar-refractivity contribution >= 4 is 5.91 Å². The van der Waals surface area contributed by atoms with Gasteiger partial charge in [0.2, 0.25) is 5.91 Å². The monoisotopic (exact) mass is 377 g/mol. The lowest BCUT2D eigenvalue weighted by Gasteiger charge is -2.47. The van der Waals surface area contributed by atoms with Gasteiger partial charge in [-0.15, -0.1) is 0 Å². The number of carbonyl (C=O) groups is 1. The van der Waals surface area contributed by atoms with Crippen LogP contribution in [0.15, 0.2) is 10.6 Å². The summed E-state index contributed by atoms with van der Waals surface area (Å²) in [6.07, 6.45) is 6.09. The first-order chi connectivity index (χ1) is 13.2. The lowest BCUT2D eigenvalue weighted by molar-refractivity contribution is -0.141. The molecule has 3 heterocycles. The number of rotatable bonds is 5. The van der Waals surface area contributed by atoms with Gasteiger partial charge in [0.25, 0.3) is 0 Å². The number of morpholine rings is 1. The molecule has 1 aliphatic carbocycles. The highest BCUT2D eigenvalue weighted by molar-refractivity contribution is 5.86. The molecule has 0 aromatic carbocycles. The molecule has 1 aromatic rings. The van der Waals surface area contributed by atoms with Gasteiger partial charge in [0.15, 0.2) is 0 Å². The van der Waals surface area contributed by atoms with E-state index in [0.29, 0.717) is 13.2 Å². The molecule has 3 fully saturated rings. The third kappa shape index (κ3) is 4.05. The summed E-state index contributed by atoms with van der Waals surface area (Å²) in [5, 5.41) is 7.32. The molecule has 0 bridgehead atoms. The summed E-state index contributed by atoms with van der Waals surface area (Å²) in [5.74, 6) is 1.27. The summed E-state index contributed by atoms with van der Waals surface area (Å²) < 4.78 is 16.6. The van der Waals surface area contributed by atoms with Crippen LogP contribution in [0, 0.1) is 12.8 Å². The van der Waals surface area contributed by atoms with Gasteiger partial charge in [-0.25, -0.2) is 0 Å². The lowest BCUT2D eigenvalue weighted by atomic mass is 9.78. The van der Waals surface area contributed by atoms with Crippen LogP contribution >= 0.6 is 0 Å². The molecule has 7 heteroatoms. The molecule has 2 aliphatic heterocycles. The average molecular weight is 377 g/mol. The first kappa shape index (κ1) is 18.9. The van der Waals surface area contributed by atoms with Crippen LogP contribution in [0.4, 0.5) is 0 Å². The maximum Gasteiger partial charge on any atom is 0.240 e. The largest absolute Gasteiger partial charge is 0.379 e. The molecule has 2 atom stereocenters. The van der Waals surface area contributed by atoms with E-state index in [1.54, 1.807) is 0 Å². The Hall–Kier alpha value is -1.44. The van der Waals surface area contributed by atoms with Crippen molar-refractivity contribution in [3.8, 4) is 0 Å². The number of aryl methyl sites for hydroxylation is 1. The molecule has 1 amide bonds. The fraction of sp³-hybridized carbons (Fsp3) is 0.800. The highest BCUT2D eigenvalue weighted by Crippen LogP contribution is 2.35. The van der Waals surface area contributed by atoms with Gasteiger partial charge in [-0.3, -0.25) is 9.69 Å². The van der Waals surface area contributed by atoms with Crippen LogP contribution in [0.1, 0.15) is 43.6 Å². The quantitative estimate of drug-likeness (QED) is 0.842. The van der Waals surface area contributed by atoms with Crippen LogP contribution in [0.25, 0.3) is 0 Å². The normalized spacial score (nSPS) is 28.9. The van der Waals surface area contributed by atoms with Crippen LogP contribution in [-0.4, -0.2) is 67.1 Å². The van der Waals surface area contributed by atoms with Crippen molar-refractivity contribution in [3.63, 3.8) is 0 Å². The summed E-state index contributed by atoms with van der Waals surface area (Å²) in [5.41, 5.74) is 0.510. The molecule has 1 N–H and O–H groups in total. The van der Waals surface area contributed by atoms with Crippen molar-refractivity contribution in [3.05, 3.63) is 17.5 Å². The van der Waals surface area contributed by atoms with Crippen LogP contribution in [0.3, 0.4) is 0 Å². The Morgan fingerprint density at radius 1 is 1.22 bits per heavy atom. The van der Waals surface area contributed by atoms with Gasteiger partial charge in [-0.05, 0) is 19.8 Å². The third-order valence-corrected chi connectivity index (χ3v) is 6.37. The Balaban J connectivity index is 1.44. The minimum Gasteiger partial charge on any atom is -0.379 e. The van der Waals surface area contributed by atoms with Gasteiger partial charge in [0, 0.05) is 31.5 Å². The van der Waals surface area contributed by atoms with Crippen LogP contribution in [-0.2, 0) is 20.7 Å². The Labute approximate surface area is 160 Å². The maximum absolute atomic E-state index is 13.5. The summed E-state index contributed by atoms with van der Waals surface area (Å²) in [4.78, 5) is 15.9. The molecular formula is C20H31N3O4. The number of hydrogen-bond acceptors (Lipinski definition) is 6. The summed E-state index contributed by atoms with van der Waals surface area (Å²) in [7, 11) is 0. The second-order valence-corrected chi connectivity index (χ2v) is 8.21. The van der Waals surface area contributed by atoms with Gasteiger partial charge in [0.1, 0.15) is 11.3 Å². The molecular weight excluding hydrogens is 346 g/mol. The number of nitrogens with one attached hydrogen (secondary N) is 1. The minimum absolute atomic E-state index is 0.0303. The summed E-state index contributed by atoms with van der Waals surface area (Å²) in [6.45, 7) is 6.26. The van der Waals surface area contributed by atoms with Crippen molar-refractivity contribution in [2.45, 2.75) is 57.0 Å². The van der Waals surface area contributed by atoms with Crippen LogP contribution in [0.5, 0.6) is 0 Å². The van der Waals surface area contributed by atoms with Gasteiger partial charge in [-0.2, -0.15) is 0 Å². The zero-order valence-corrected chi connectivity index (χ0v) is 16.2. The van der Waals surface area contributed by atoms with Gasteiger partial charge in [-0.1, -0.05) is 24.4 Å². The highest BCUT2D eigenvalue weighted by atomic mass is 16.5. The van der Waals surface area contributed by atoms with E-state index >= 15 is 0 Å². The Kier molecular flexibility index (Phi) is 5.80. The van der Waals surface area contributed by atoms with E-state index in [0.717, 1.165) is 69.9 Å². The van der Waals surface area contributed by atoms with Crippen molar-refractivity contribution < 1.29 is 18.8 Å². The summed E-state index contributed by atoms with van der Waals surface area (Å²) in [6, 6.07) is 2.00. The zero-order valence-electron chi connectivity index (χ0n) is 16.2. The lowest BCUT2D eigenvalue weighted by Crippen LogP contribution is -2.64. The molecule has 3 aliphatic rings. The van der Waals surface area contributed by atoms with Crippen LogP contribution in [0.2, 0.25) is 0 Å². The number of ether oxygens (including phenoxy) is 2. The predicted molar refractivity (Wildman–Crippen MR) is 99.4 cm³/mol. The molecule has 1 aromatic heterocycles. The number of aromatic nitrogens is 1. The Bertz CT molecular complexity index is 635. The van der Waals surface area contributed by atoms with Crippen molar-refractivity contribution in [1.82, 2.24) is 15.4 Å². The molecule has 0 unspecified atom stereocenters. The fourth-order valence-electron chi connectivity index (χ4n) is 4.85. The molecule has 1 saturated carbocycles. The molecule has 27 heavy (non-hydrogen) atoms. The van der Waals surface area contributed by atoms with Gasteiger partial charge in [0.05, 0.1) is 38.2 Å². The third-order valence-electron chi connectivity index (χ3n) is 6.37. The fourth-order valence-corrected chi connectivity index (χ4v) is 4.85. The van der Waals surface area contributed by atoms with E-state index in [-0.39, 0.29) is 23.4 Å². The minimum atomic E-state index is -0.377. The summed E-state index contributed by atoms with van der Waals surface area (Å²) >= 11 is 0. The molecule has 4 rings (SSSR count). The molecule has 150 valence electrons. The van der Waals surface area contributed by atoms with E-state index in [4.69, 9.17) is 14.0 Å². The van der Waals surface area contributed by atoms with E-state index < -0.39 is 0 Å². The first-order valence-corrected chi connectivity index (χ1v) is 10.3. The molecule has 0 radical (unpaired) electrons. The van der Waals surface area contributed by atoms with Gasteiger partial charge >= 0.3 is 0 Å². The topological polar surface area (TPSA) is 76.8 Å². The number of amides is 1. The Morgan fingerprint density at radius 2 is 2.00 bits per heavy atom. The van der Waals surface area contributed by atoms with Crippen molar-refractivity contribution in [2.24, 2.45) is 5.92 Å². The van der Waals surface area contributed by atoms with Crippen molar-refractivity contribution in [1.29, 1.82) is 0 Å². The smallest absolute Gasteiger partial charge is 0.240 e.